The first-order valence-electron chi connectivity index (χ1n) is 20.7. The van der Waals surface area contributed by atoms with E-state index in [9.17, 15) is 18.4 Å². The van der Waals surface area contributed by atoms with Crippen LogP contribution < -0.4 is 10.6 Å². The first kappa shape index (κ1) is 44.6. The van der Waals surface area contributed by atoms with Gasteiger partial charge >= 0.3 is 12.2 Å². The highest BCUT2D eigenvalue weighted by molar-refractivity contribution is 5.92. The quantitative estimate of drug-likeness (QED) is 0.121. The maximum Gasteiger partial charge on any atom is 0.410 e. The van der Waals surface area contributed by atoms with Gasteiger partial charge in [0.1, 0.15) is 35.5 Å². The van der Waals surface area contributed by atoms with Gasteiger partial charge in [0.15, 0.2) is 0 Å². The van der Waals surface area contributed by atoms with Crippen LogP contribution >= 0.6 is 0 Å². The summed E-state index contributed by atoms with van der Waals surface area (Å²) in [6, 6.07) is 14.8. The van der Waals surface area contributed by atoms with E-state index in [0.717, 1.165) is 45.8 Å². The number of nitrogens with one attached hydrogen (secondary N) is 2. The van der Waals surface area contributed by atoms with E-state index in [1.807, 2.05) is 77.9 Å². The second-order valence-corrected chi connectivity index (χ2v) is 17.5. The second-order valence-electron chi connectivity index (χ2n) is 17.5. The molecule has 2 aliphatic rings. The lowest BCUT2D eigenvalue weighted by Gasteiger charge is -2.24. The number of hydrogen-bond acceptors (Lipinski definition) is 12. The van der Waals surface area contributed by atoms with Gasteiger partial charge in [-0.1, -0.05) is 24.0 Å². The molecule has 2 N–H and O–H groups in total. The molecular weight excluding hydrogens is 819 g/mol. The summed E-state index contributed by atoms with van der Waals surface area (Å²) in [4.78, 5) is 52.9. The summed E-state index contributed by atoms with van der Waals surface area (Å²) >= 11 is 0. The Bertz CT molecular complexity index is 2620. The Morgan fingerprint density at radius 1 is 0.641 bits per heavy atom. The van der Waals surface area contributed by atoms with Crippen LogP contribution in [0.3, 0.4) is 0 Å². The number of carbonyl (C=O) groups excluding carboxylic acids is 2. The zero-order valence-corrected chi connectivity index (χ0v) is 36.4. The number of rotatable bonds is 6. The van der Waals surface area contributed by atoms with Gasteiger partial charge in [-0.2, -0.15) is 8.78 Å². The van der Waals surface area contributed by atoms with Crippen molar-refractivity contribution in [2.24, 2.45) is 0 Å². The summed E-state index contributed by atoms with van der Waals surface area (Å²) in [6.07, 6.45) is 17.3. The highest BCUT2D eigenvalue weighted by Gasteiger charge is 2.32. The van der Waals surface area contributed by atoms with Crippen LogP contribution in [-0.4, -0.2) is 89.3 Å². The lowest BCUT2D eigenvalue weighted by molar-refractivity contribution is 0.0282. The molecule has 2 aromatic carbocycles. The average Bonchev–Trinajstić information content (AvgIpc) is 3.96. The van der Waals surface area contributed by atoms with Gasteiger partial charge in [0.25, 0.3) is 0 Å². The van der Waals surface area contributed by atoms with Gasteiger partial charge in [-0.25, -0.2) is 39.5 Å². The third-order valence-electron chi connectivity index (χ3n) is 10.5. The summed E-state index contributed by atoms with van der Waals surface area (Å²) in [5.74, 6) is 4.77. The molecule has 8 rings (SSSR count). The van der Waals surface area contributed by atoms with Gasteiger partial charge in [0.2, 0.25) is 11.9 Å². The zero-order chi connectivity index (χ0) is 45.8. The van der Waals surface area contributed by atoms with E-state index in [4.69, 9.17) is 22.3 Å². The molecule has 2 saturated heterocycles. The topological polar surface area (TPSA) is 160 Å². The Kier molecular flexibility index (Phi) is 12.9. The van der Waals surface area contributed by atoms with Crippen molar-refractivity contribution in [2.45, 2.75) is 77.4 Å². The van der Waals surface area contributed by atoms with Crippen LogP contribution in [0.4, 0.5) is 41.4 Å². The number of pyridine rings is 2. The van der Waals surface area contributed by atoms with Crippen molar-refractivity contribution in [1.29, 1.82) is 0 Å². The van der Waals surface area contributed by atoms with Crippen molar-refractivity contribution < 1.29 is 27.8 Å². The van der Waals surface area contributed by atoms with Gasteiger partial charge in [-0.3, -0.25) is 0 Å². The SMILES string of the molecule is C#Cc1cnc(F)c(Nc2ncnc3ccc(C4CCN(C(=O)OC(C)(C)C)C4)cc23)c1.C#Cc1cnc(F)c(Nc2ncnc3ccc([C@@H]4CCN(C(=O)OC(C)(C)C)C4)cc23)c1. The molecule has 0 spiro atoms. The summed E-state index contributed by atoms with van der Waals surface area (Å²) in [6.45, 7) is 13.5. The van der Waals surface area contributed by atoms with Crippen LogP contribution in [0, 0.1) is 36.6 Å². The maximum atomic E-state index is 14.2. The van der Waals surface area contributed by atoms with Crippen molar-refractivity contribution in [1.82, 2.24) is 39.7 Å². The van der Waals surface area contributed by atoms with Gasteiger partial charge in [-0.15, -0.1) is 12.8 Å². The van der Waals surface area contributed by atoms with Crippen molar-refractivity contribution in [3.8, 4) is 24.7 Å². The predicted molar refractivity (Wildman–Crippen MR) is 240 cm³/mol. The molecule has 16 heteroatoms. The van der Waals surface area contributed by atoms with E-state index in [0.29, 0.717) is 48.9 Å². The van der Waals surface area contributed by atoms with E-state index in [-0.39, 0.29) is 35.4 Å². The summed E-state index contributed by atoms with van der Waals surface area (Å²) < 4.78 is 39.4. The molecule has 1 unspecified atom stereocenters. The third kappa shape index (κ3) is 10.8. The molecule has 0 saturated carbocycles. The van der Waals surface area contributed by atoms with Gasteiger partial charge in [-0.05, 0) is 102 Å². The van der Waals surface area contributed by atoms with E-state index >= 15 is 0 Å². The summed E-state index contributed by atoms with van der Waals surface area (Å²) in [5, 5.41) is 7.47. The molecule has 328 valence electrons. The number of halogens is 2. The number of nitrogens with zero attached hydrogens (tertiary/aromatic N) is 8. The molecule has 6 aromatic rings. The van der Waals surface area contributed by atoms with E-state index in [2.05, 4.69) is 52.4 Å². The molecule has 2 atom stereocenters. The minimum absolute atomic E-state index is 0.142. The lowest BCUT2D eigenvalue weighted by Crippen LogP contribution is -2.35. The normalized spacial score (nSPS) is 16.1. The number of ether oxygens (including phenoxy) is 2. The number of carbonyl (C=O) groups is 2. The minimum Gasteiger partial charge on any atom is -0.444 e. The van der Waals surface area contributed by atoms with Crippen molar-refractivity contribution in [2.75, 3.05) is 36.8 Å². The van der Waals surface area contributed by atoms with Gasteiger partial charge in [0.05, 0.1) is 22.4 Å². The lowest BCUT2D eigenvalue weighted by atomic mass is 9.97. The Labute approximate surface area is 370 Å². The smallest absolute Gasteiger partial charge is 0.410 e. The molecule has 4 aromatic heterocycles. The molecule has 2 aliphatic heterocycles. The van der Waals surface area contributed by atoms with Crippen LogP contribution in [0.25, 0.3) is 21.8 Å². The van der Waals surface area contributed by atoms with Gasteiger partial charge < -0.3 is 29.9 Å². The van der Waals surface area contributed by atoms with Crippen molar-refractivity contribution in [3.63, 3.8) is 0 Å². The number of benzene rings is 2. The van der Waals surface area contributed by atoms with Crippen LogP contribution in [0.1, 0.15) is 88.5 Å². The molecular formula is C48H48F2N10O4. The molecule has 14 nitrogen and oxygen atoms in total. The number of terminal acetylenes is 2. The van der Waals surface area contributed by atoms with Crippen molar-refractivity contribution in [3.05, 3.63) is 108 Å². The fourth-order valence-electron chi connectivity index (χ4n) is 7.39. The molecule has 64 heavy (non-hydrogen) atoms. The molecule has 2 amide bonds. The molecule has 2 fully saturated rings. The first-order chi connectivity index (χ1) is 30.5. The minimum atomic E-state index is -0.671. The second kappa shape index (κ2) is 18.5. The highest BCUT2D eigenvalue weighted by atomic mass is 19.1. The Balaban J connectivity index is 0.000000191. The van der Waals surface area contributed by atoms with Crippen LogP contribution in [-0.2, 0) is 9.47 Å². The Morgan fingerprint density at radius 2 is 1.05 bits per heavy atom. The van der Waals surface area contributed by atoms with Crippen molar-refractivity contribution >= 4 is 57.0 Å². The average molecular weight is 867 g/mol. The zero-order valence-electron chi connectivity index (χ0n) is 36.4. The van der Waals surface area contributed by atoms with Gasteiger partial charge in [0, 0.05) is 72.3 Å². The van der Waals surface area contributed by atoms with E-state index in [1.54, 1.807) is 9.80 Å². The maximum absolute atomic E-state index is 14.2. The number of fused-ring (bicyclic) bond motifs is 2. The van der Waals surface area contributed by atoms with E-state index in [1.165, 1.54) is 37.2 Å². The van der Waals surface area contributed by atoms with Crippen LogP contribution in [0.2, 0.25) is 0 Å². The Morgan fingerprint density at radius 3 is 1.42 bits per heavy atom. The highest BCUT2D eigenvalue weighted by Crippen LogP contribution is 2.34. The van der Waals surface area contributed by atoms with Crippen LogP contribution in [0.5, 0.6) is 0 Å². The summed E-state index contributed by atoms with van der Waals surface area (Å²) in [5.41, 5.74) is 3.68. The van der Waals surface area contributed by atoms with E-state index < -0.39 is 23.1 Å². The molecule has 0 bridgehead atoms. The predicted octanol–water partition coefficient (Wildman–Crippen LogP) is 9.23. The number of anilines is 4. The fourth-order valence-corrected chi connectivity index (χ4v) is 7.39. The summed E-state index contributed by atoms with van der Waals surface area (Å²) in [7, 11) is 0. The Hall–Kier alpha value is -7.46. The number of likely N-dealkylation sites (tertiary alicyclic amines) is 2. The number of aromatic nitrogens is 6. The number of amides is 2. The molecule has 0 radical (unpaired) electrons. The number of hydrogen-bond donors (Lipinski definition) is 2. The largest absolute Gasteiger partial charge is 0.444 e. The first-order valence-corrected chi connectivity index (χ1v) is 20.7. The fraction of sp³-hybridized carbons (Fsp3) is 0.333. The monoisotopic (exact) mass is 866 g/mol. The van der Waals surface area contributed by atoms with Crippen LogP contribution in [0.15, 0.2) is 73.6 Å². The standard InChI is InChI=1S/2C24H24FN5O2/c2*1-5-15-10-20(21(25)26-12-15)29-22-18-11-16(6-7-19(18)27-14-28-22)17-8-9-30(13-17)23(31)32-24(2,3)4/h2*1,6-7,10-12,14,17H,8-9,13H2,2-4H3,(H,27,28,29)/t17-;/m1./s1. The molecule has 0 aliphatic carbocycles. The molecule has 6 heterocycles. The third-order valence-corrected chi connectivity index (χ3v) is 10.5.